The third kappa shape index (κ3) is 2.75. The van der Waals surface area contributed by atoms with Gasteiger partial charge in [0.05, 0.1) is 0 Å². The Morgan fingerprint density at radius 2 is 2.18 bits per heavy atom. The fourth-order valence-corrected chi connectivity index (χ4v) is 1.52. The van der Waals surface area contributed by atoms with Crippen LogP contribution in [0.3, 0.4) is 0 Å². The predicted octanol–water partition coefficient (Wildman–Crippen LogP) is 3.29. The van der Waals surface area contributed by atoms with E-state index in [4.69, 9.17) is 5.53 Å². The minimum absolute atomic E-state index is 0.397. The van der Waals surface area contributed by atoms with Gasteiger partial charge in [-0.25, -0.2) is 4.98 Å². The van der Waals surface area contributed by atoms with Crippen molar-refractivity contribution < 1.29 is 0 Å². The minimum atomic E-state index is 0.397. The van der Waals surface area contributed by atoms with Crippen LogP contribution in [0.25, 0.3) is 21.2 Å². The standard InChI is InChI=1S/C13H10N4/c14-17-16-9-4-3-7-13-12-6-2-1-5-11(12)8-10-15-13/h1-2,5-6,8,10H,4,9H2. The lowest BCUT2D eigenvalue weighted by atomic mass is 10.1. The van der Waals surface area contributed by atoms with Crippen molar-refractivity contribution in [2.75, 3.05) is 6.54 Å². The molecule has 0 aliphatic rings. The summed E-state index contributed by atoms with van der Waals surface area (Å²) in [7, 11) is 0. The number of hydrogen-bond acceptors (Lipinski definition) is 2. The van der Waals surface area contributed by atoms with Gasteiger partial charge in [-0.3, -0.25) is 0 Å². The van der Waals surface area contributed by atoms with Crippen LogP contribution in [0.2, 0.25) is 0 Å². The second kappa shape index (κ2) is 5.55. The fourth-order valence-electron chi connectivity index (χ4n) is 1.52. The monoisotopic (exact) mass is 222 g/mol. The van der Waals surface area contributed by atoms with E-state index in [9.17, 15) is 0 Å². The molecule has 0 radical (unpaired) electrons. The number of nitrogens with zero attached hydrogens (tertiary/aromatic N) is 4. The van der Waals surface area contributed by atoms with Crippen molar-refractivity contribution in [2.45, 2.75) is 6.42 Å². The van der Waals surface area contributed by atoms with E-state index in [0.29, 0.717) is 13.0 Å². The third-order valence-corrected chi connectivity index (χ3v) is 2.28. The highest BCUT2D eigenvalue weighted by atomic mass is 15.1. The van der Waals surface area contributed by atoms with Crippen LogP contribution in [0, 0.1) is 11.8 Å². The summed E-state index contributed by atoms with van der Waals surface area (Å²) < 4.78 is 0. The van der Waals surface area contributed by atoms with Gasteiger partial charge >= 0.3 is 0 Å². The molecular weight excluding hydrogens is 212 g/mol. The Morgan fingerprint density at radius 3 is 3.06 bits per heavy atom. The van der Waals surface area contributed by atoms with Crippen LogP contribution in [-0.4, -0.2) is 11.5 Å². The summed E-state index contributed by atoms with van der Waals surface area (Å²) in [4.78, 5) is 6.92. The van der Waals surface area contributed by atoms with Crippen molar-refractivity contribution in [2.24, 2.45) is 5.11 Å². The van der Waals surface area contributed by atoms with Crippen molar-refractivity contribution in [3.05, 3.63) is 52.7 Å². The maximum absolute atomic E-state index is 8.12. The number of benzene rings is 1. The van der Waals surface area contributed by atoms with Crippen LogP contribution < -0.4 is 0 Å². The molecule has 0 saturated heterocycles. The van der Waals surface area contributed by atoms with Crippen LogP contribution in [0.4, 0.5) is 0 Å². The number of rotatable bonds is 2. The molecule has 2 rings (SSSR count). The fraction of sp³-hybridized carbons (Fsp3) is 0.154. The topological polar surface area (TPSA) is 61.7 Å². The van der Waals surface area contributed by atoms with E-state index in [2.05, 4.69) is 26.9 Å². The summed E-state index contributed by atoms with van der Waals surface area (Å²) >= 11 is 0. The van der Waals surface area contributed by atoms with E-state index >= 15 is 0 Å². The lowest BCUT2D eigenvalue weighted by Gasteiger charge is -1.98. The number of aromatic nitrogens is 1. The zero-order chi connectivity index (χ0) is 11.9. The van der Waals surface area contributed by atoms with Crippen molar-refractivity contribution in [3.8, 4) is 11.8 Å². The molecule has 1 aromatic carbocycles. The normalized spacial score (nSPS) is 9.18. The van der Waals surface area contributed by atoms with Gasteiger partial charge in [0.1, 0.15) is 5.69 Å². The van der Waals surface area contributed by atoms with E-state index in [1.54, 1.807) is 6.20 Å². The minimum Gasteiger partial charge on any atom is -0.247 e. The Balaban J connectivity index is 2.26. The summed E-state index contributed by atoms with van der Waals surface area (Å²) in [6, 6.07) is 9.94. The van der Waals surface area contributed by atoms with Crippen LogP contribution in [0.1, 0.15) is 12.1 Å². The molecule has 1 heterocycles. The van der Waals surface area contributed by atoms with Gasteiger partial charge < -0.3 is 0 Å². The zero-order valence-corrected chi connectivity index (χ0v) is 9.17. The molecule has 1 aromatic heterocycles. The average Bonchev–Trinajstić information content (AvgIpc) is 2.39. The van der Waals surface area contributed by atoms with E-state index in [1.807, 2.05) is 30.3 Å². The van der Waals surface area contributed by atoms with Crippen molar-refractivity contribution in [1.82, 2.24) is 4.98 Å². The molecule has 82 valence electrons. The molecule has 17 heavy (non-hydrogen) atoms. The summed E-state index contributed by atoms with van der Waals surface area (Å²) in [5.41, 5.74) is 8.89. The first-order valence-electron chi connectivity index (χ1n) is 5.25. The van der Waals surface area contributed by atoms with Gasteiger partial charge in [-0.15, -0.1) is 0 Å². The molecule has 0 unspecified atom stereocenters. The SMILES string of the molecule is [N-]=[N+]=NCCC#Cc1nccc2ccccc12. The number of azide groups is 1. The van der Waals surface area contributed by atoms with Gasteiger partial charge in [-0.05, 0) is 22.9 Å². The molecule has 0 spiro atoms. The molecular formula is C13H10N4. The van der Waals surface area contributed by atoms with E-state index in [1.165, 1.54) is 0 Å². The Kier molecular flexibility index (Phi) is 3.59. The second-order valence-corrected chi connectivity index (χ2v) is 3.39. The third-order valence-electron chi connectivity index (χ3n) is 2.28. The number of pyridine rings is 1. The Morgan fingerprint density at radius 1 is 1.29 bits per heavy atom. The van der Waals surface area contributed by atoms with Crippen molar-refractivity contribution >= 4 is 10.8 Å². The maximum Gasteiger partial charge on any atom is 0.120 e. The molecule has 0 aliphatic carbocycles. The van der Waals surface area contributed by atoms with Gasteiger partial charge in [0.2, 0.25) is 0 Å². The van der Waals surface area contributed by atoms with Crippen LogP contribution in [0.15, 0.2) is 41.6 Å². The summed E-state index contributed by atoms with van der Waals surface area (Å²) in [6.45, 7) is 0.397. The highest BCUT2D eigenvalue weighted by Crippen LogP contribution is 2.15. The van der Waals surface area contributed by atoms with E-state index in [0.717, 1.165) is 16.5 Å². The van der Waals surface area contributed by atoms with E-state index < -0.39 is 0 Å². The first kappa shape index (κ1) is 11.0. The Hall–Kier alpha value is -2.50. The molecule has 4 heteroatoms. The van der Waals surface area contributed by atoms with Crippen molar-refractivity contribution in [3.63, 3.8) is 0 Å². The van der Waals surface area contributed by atoms with Gasteiger partial charge in [0, 0.05) is 29.5 Å². The molecule has 0 bridgehead atoms. The van der Waals surface area contributed by atoms with E-state index in [-0.39, 0.29) is 0 Å². The predicted molar refractivity (Wildman–Crippen MR) is 67.3 cm³/mol. The molecule has 0 atom stereocenters. The molecule has 4 nitrogen and oxygen atoms in total. The second-order valence-electron chi connectivity index (χ2n) is 3.39. The summed E-state index contributed by atoms with van der Waals surface area (Å²) in [5, 5.41) is 5.60. The maximum atomic E-state index is 8.12. The summed E-state index contributed by atoms with van der Waals surface area (Å²) in [5.74, 6) is 5.95. The molecule has 0 aliphatic heterocycles. The average molecular weight is 222 g/mol. The molecule has 0 fully saturated rings. The Labute approximate surface area is 98.9 Å². The molecule has 0 amide bonds. The molecule has 0 N–H and O–H groups in total. The van der Waals surface area contributed by atoms with Crippen LogP contribution >= 0.6 is 0 Å². The lowest BCUT2D eigenvalue weighted by molar-refractivity contribution is 1.01. The zero-order valence-electron chi connectivity index (χ0n) is 9.17. The van der Waals surface area contributed by atoms with Crippen LogP contribution in [-0.2, 0) is 0 Å². The lowest BCUT2D eigenvalue weighted by Crippen LogP contribution is -1.84. The smallest absolute Gasteiger partial charge is 0.120 e. The van der Waals surface area contributed by atoms with Gasteiger partial charge in [0.25, 0.3) is 0 Å². The Bertz CT molecular complexity index is 625. The molecule has 0 saturated carbocycles. The van der Waals surface area contributed by atoms with Crippen LogP contribution in [0.5, 0.6) is 0 Å². The highest BCUT2D eigenvalue weighted by Gasteiger charge is 1.96. The van der Waals surface area contributed by atoms with Gasteiger partial charge in [-0.2, -0.15) is 0 Å². The highest BCUT2D eigenvalue weighted by molar-refractivity contribution is 5.86. The van der Waals surface area contributed by atoms with Gasteiger partial charge in [0.15, 0.2) is 0 Å². The van der Waals surface area contributed by atoms with Gasteiger partial charge in [-0.1, -0.05) is 35.3 Å². The largest absolute Gasteiger partial charge is 0.247 e. The summed E-state index contributed by atoms with van der Waals surface area (Å²) in [6.07, 6.45) is 2.30. The first-order chi connectivity index (χ1) is 8.42. The molecule has 2 aromatic rings. The quantitative estimate of drug-likeness (QED) is 0.253. The number of hydrogen-bond donors (Lipinski definition) is 0. The first-order valence-corrected chi connectivity index (χ1v) is 5.25. The number of fused-ring (bicyclic) bond motifs is 1. The van der Waals surface area contributed by atoms with Crippen molar-refractivity contribution in [1.29, 1.82) is 0 Å².